The quantitative estimate of drug-likeness (QED) is 0.697. The fourth-order valence-electron chi connectivity index (χ4n) is 2.51. The van der Waals surface area contributed by atoms with Gasteiger partial charge in [-0.3, -0.25) is 0 Å². The van der Waals surface area contributed by atoms with Gasteiger partial charge in [-0.25, -0.2) is 0 Å². The summed E-state index contributed by atoms with van der Waals surface area (Å²) in [6.45, 7) is 9.62. The Balaban J connectivity index is 2.19. The Morgan fingerprint density at radius 3 is 2.28 bits per heavy atom. The Hall–Kier alpha value is -0.530. The van der Waals surface area contributed by atoms with E-state index in [2.05, 4.69) is 52.0 Å². The summed E-state index contributed by atoms with van der Waals surface area (Å²) in [6.07, 6.45) is 2.15. The predicted octanol–water partition coefficient (Wildman–Crippen LogP) is 4.83. The molecular weight excluding hydrogens is 244 g/mol. The Morgan fingerprint density at radius 1 is 1.22 bits per heavy atom. The first-order chi connectivity index (χ1) is 8.33. The highest BCUT2D eigenvalue weighted by atomic mass is 35.5. The molecule has 0 radical (unpaired) electrons. The molecule has 1 aliphatic rings. The third-order valence-corrected chi connectivity index (χ3v) is 4.57. The first kappa shape index (κ1) is 13.9. The number of benzene rings is 1. The lowest BCUT2D eigenvalue weighted by Gasteiger charge is -2.29. The highest BCUT2D eigenvalue weighted by Gasteiger charge is 2.38. The molecule has 1 aromatic carbocycles. The van der Waals surface area contributed by atoms with E-state index < -0.39 is 0 Å². The van der Waals surface area contributed by atoms with Gasteiger partial charge in [0.05, 0.1) is 11.0 Å². The van der Waals surface area contributed by atoms with Gasteiger partial charge in [-0.2, -0.15) is 0 Å². The average Bonchev–Trinajstić information content (AvgIpc) is 2.75. The molecular formula is C16H23ClO. The van der Waals surface area contributed by atoms with E-state index in [0.717, 1.165) is 25.0 Å². The van der Waals surface area contributed by atoms with Crippen molar-refractivity contribution in [3.8, 4) is 0 Å². The Bertz CT molecular complexity index is 396. The summed E-state index contributed by atoms with van der Waals surface area (Å²) in [6, 6.07) is 8.66. The molecule has 1 saturated heterocycles. The van der Waals surface area contributed by atoms with Crippen LogP contribution in [0, 0.1) is 0 Å². The van der Waals surface area contributed by atoms with Crippen molar-refractivity contribution in [2.45, 2.75) is 56.9 Å². The zero-order chi connectivity index (χ0) is 13.4. The van der Waals surface area contributed by atoms with E-state index in [1.807, 2.05) is 0 Å². The highest BCUT2D eigenvalue weighted by Crippen LogP contribution is 2.42. The van der Waals surface area contributed by atoms with Crippen LogP contribution in [0.5, 0.6) is 0 Å². The molecule has 2 atom stereocenters. The summed E-state index contributed by atoms with van der Waals surface area (Å²) in [4.78, 5) is 0. The number of halogens is 1. The Morgan fingerprint density at radius 2 is 1.83 bits per heavy atom. The molecule has 1 nitrogen and oxygen atoms in total. The summed E-state index contributed by atoms with van der Waals surface area (Å²) in [5, 5.41) is -0.0611. The molecule has 18 heavy (non-hydrogen) atoms. The highest BCUT2D eigenvalue weighted by molar-refractivity contribution is 6.21. The van der Waals surface area contributed by atoms with Crippen LogP contribution < -0.4 is 0 Å². The minimum absolute atomic E-state index is 0.0611. The summed E-state index contributed by atoms with van der Waals surface area (Å²) in [5.74, 6) is 0. The van der Waals surface area contributed by atoms with Gasteiger partial charge in [-0.1, -0.05) is 45.0 Å². The third-order valence-electron chi connectivity index (χ3n) is 3.85. The molecule has 0 amide bonds. The molecule has 1 fully saturated rings. The molecule has 1 heterocycles. The van der Waals surface area contributed by atoms with Crippen LogP contribution in [0.15, 0.2) is 24.3 Å². The smallest absolute Gasteiger partial charge is 0.0872 e. The summed E-state index contributed by atoms with van der Waals surface area (Å²) in [5.41, 5.74) is 2.49. The predicted molar refractivity (Wildman–Crippen MR) is 77.3 cm³/mol. The maximum absolute atomic E-state index is 6.60. The molecule has 0 N–H and O–H groups in total. The maximum atomic E-state index is 6.60. The number of ether oxygens (including phenoxy) is 1. The van der Waals surface area contributed by atoms with Gasteiger partial charge >= 0.3 is 0 Å². The van der Waals surface area contributed by atoms with E-state index >= 15 is 0 Å². The fourth-order valence-corrected chi connectivity index (χ4v) is 2.82. The minimum atomic E-state index is -0.204. The summed E-state index contributed by atoms with van der Waals surface area (Å²) >= 11 is 6.60. The van der Waals surface area contributed by atoms with Crippen LogP contribution in [0.2, 0.25) is 0 Å². The third kappa shape index (κ3) is 2.73. The fraction of sp³-hybridized carbons (Fsp3) is 0.625. The topological polar surface area (TPSA) is 9.23 Å². The molecule has 0 aromatic heterocycles. The standard InChI is InChI=1S/C16H23ClO/c1-15(2,3)13-8-6-12(7-9-13)14(17)16(4)10-5-11-18-16/h6-9,14H,5,10-11H2,1-4H3. The van der Waals surface area contributed by atoms with Gasteiger partial charge in [0, 0.05) is 6.61 Å². The summed E-state index contributed by atoms with van der Waals surface area (Å²) in [7, 11) is 0. The molecule has 2 rings (SSSR count). The lowest BCUT2D eigenvalue weighted by atomic mass is 9.85. The first-order valence-electron chi connectivity index (χ1n) is 6.71. The van der Waals surface area contributed by atoms with Crippen molar-refractivity contribution in [2.75, 3.05) is 6.61 Å². The van der Waals surface area contributed by atoms with Crippen molar-refractivity contribution in [1.82, 2.24) is 0 Å². The Labute approximate surface area is 115 Å². The van der Waals surface area contributed by atoms with E-state index in [4.69, 9.17) is 16.3 Å². The van der Waals surface area contributed by atoms with Crippen LogP contribution in [0.25, 0.3) is 0 Å². The second-order valence-electron chi connectivity index (χ2n) is 6.50. The monoisotopic (exact) mass is 266 g/mol. The number of rotatable bonds is 2. The zero-order valence-electron chi connectivity index (χ0n) is 11.8. The molecule has 0 bridgehead atoms. The van der Waals surface area contributed by atoms with Gasteiger partial charge in [-0.05, 0) is 36.3 Å². The van der Waals surface area contributed by atoms with Gasteiger partial charge in [-0.15, -0.1) is 11.6 Å². The Kier molecular flexibility index (Phi) is 3.75. The number of alkyl halides is 1. The van der Waals surface area contributed by atoms with Crippen LogP contribution in [-0.2, 0) is 10.2 Å². The van der Waals surface area contributed by atoms with Crippen LogP contribution >= 0.6 is 11.6 Å². The van der Waals surface area contributed by atoms with Crippen molar-refractivity contribution in [1.29, 1.82) is 0 Å². The molecule has 0 saturated carbocycles. The molecule has 0 spiro atoms. The normalized spacial score (nSPS) is 26.3. The van der Waals surface area contributed by atoms with Crippen molar-refractivity contribution < 1.29 is 4.74 Å². The van der Waals surface area contributed by atoms with Crippen LogP contribution in [-0.4, -0.2) is 12.2 Å². The second-order valence-corrected chi connectivity index (χ2v) is 6.94. The van der Waals surface area contributed by atoms with Gasteiger partial charge in [0.1, 0.15) is 0 Å². The minimum Gasteiger partial charge on any atom is -0.373 e. The van der Waals surface area contributed by atoms with E-state index in [1.54, 1.807) is 0 Å². The van der Waals surface area contributed by atoms with E-state index in [1.165, 1.54) is 5.56 Å². The maximum Gasteiger partial charge on any atom is 0.0872 e. The van der Waals surface area contributed by atoms with Gasteiger partial charge < -0.3 is 4.74 Å². The zero-order valence-corrected chi connectivity index (χ0v) is 12.6. The first-order valence-corrected chi connectivity index (χ1v) is 7.15. The summed E-state index contributed by atoms with van der Waals surface area (Å²) < 4.78 is 5.82. The molecule has 2 unspecified atom stereocenters. The lowest BCUT2D eigenvalue weighted by molar-refractivity contribution is 0.0164. The van der Waals surface area contributed by atoms with Gasteiger partial charge in [0.15, 0.2) is 0 Å². The lowest BCUT2D eigenvalue weighted by Crippen LogP contribution is -2.28. The number of hydrogen-bond donors (Lipinski definition) is 0. The molecule has 1 aromatic rings. The molecule has 1 aliphatic heterocycles. The molecule has 0 aliphatic carbocycles. The largest absolute Gasteiger partial charge is 0.373 e. The van der Waals surface area contributed by atoms with Crippen LogP contribution in [0.1, 0.15) is 57.0 Å². The SMILES string of the molecule is CC(C)(C)c1ccc(C(Cl)C2(C)CCCO2)cc1. The van der Waals surface area contributed by atoms with Crippen LogP contribution in [0.3, 0.4) is 0 Å². The molecule has 2 heteroatoms. The van der Waals surface area contributed by atoms with Gasteiger partial charge in [0.25, 0.3) is 0 Å². The second kappa shape index (κ2) is 4.86. The van der Waals surface area contributed by atoms with Crippen molar-refractivity contribution >= 4 is 11.6 Å². The number of hydrogen-bond acceptors (Lipinski definition) is 1. The average molecular weight is 267 g/mol. The van der Waals surface area contributed by atoms with Crippen LogP contribution in [0.4, 0.5) is 0 Å². The van der Waals surface area contributed by atoms with E-state index in [0.29, 0.717) is 0 Å². The van der Waals surface area contributed by atoms with E-state index in [9.17, 15) is 0 Å². The van der Waals surface area contributed by atoms with Crippen molar-refractivity contribution in [3.63, 3.8) is 0 Å². The molecule has 100 valence electrons. The van der Waals surface area contributed by atoms with Gasteiger partial charge in [0.2, 0.25) is 0 Å². The van der Waals surface area contributed by atoms with Crippen molar-refractivity contribution in [3.05, 3.63) is 35.4 Å². The van der Waals surface area contributed by atoms with E-state index in [-0.39, 0.29) is 16.4 Å². The van der Waals surface area contributed by atoms with Crippen molar-refractivity contribution in [2.24, 2.45) is 0 Å².